The fourth-order valence-electron chi connectivity index (χ4n) is 1.65. The van der Waals surface area contributed by atoms with Gasteiger partial charge in [0.2, 0.25) is 0 Å². The van der Waals surface area contributed by atoms with Crippen molar-refractivity contribution in [3.63, 3.8) is 0 Å². The Morgan fingerprint density at radius 3 is 2.42 bits per heavy atom. The molecule has 0 radical (unpaired) electrons. The summed E-state index contributed by atoms with van der Waals surface area (Å²) in [6.45, 7) is 9.21. The molecule has 0 saturated carbocycles. The zero-order valence-electron chi connectivity index (χ0n) is 12.0. The lowest BCUT2D eigenvalue weighted by Gasteiger charge is -2.07. The quantitative estimate of drug-likeness (QED) is 0.895. The van der Waals surface area contributed by atoms with Crippen LogP contribution in [0.5, 0.6) is 0 Å². The summed E-state index contributed by atoms with van der Waals surface area (Å²) in [5.74, 6) is 1.17. The lowest BCUT2D eigenvalue weighted by Crippen LogP contribution is -2.22. The number of aromatic nitrogens is 4. The summed E-state index contributed by atoms with van der Waals surface area (Å²) in [7, 11) is 0. The summed E-state index contributed by atoms with van der Waals surface area (Å²) < 4.78 is 1.77. The highest BCUT2D eigenvalue weighted by atomic mass is 15.3. The zero-order chi connectivity index (χ0) is 13.8. The Hall–Kier alpha value is -1.75. The summed E-state index contributed by atoms with van der Waals surface area (Å²) in [5.41, 5.74) is 2.00. The first kappa shape index (κ1) is 13.7. The van der Waals surface area contributed by atoms with Crippen molar-refractivity contribution in [2.45, 2.75) is 46.2 Å². The van der Waals surface area contributed by atoms with Crippen LogP contribution in [-0.4, -0.2) is 26.0 Å². The SMILES string of the molecule is CC(C)NCc1ccc(-n2ccc(C(C)C)n2)nn1. The van der Waals surface area contributed by atoms with Crippen LogP contribution in [0, 0.1) is 0 Å². The molecule has 5 nitrogen and oxygen atoms in total. The first-order valence-corrected chi connectivity index (χ1v) is 6.68. The van der Waals surface area contributed by atoms with E-state index in [1.54, 1.807) is 4.68 Å². The third-order valence-electron chi connectivity index (χ3n) is 2.83. The molecule has 0 unspecified atom stereocenters. The predicted octanol–water partition coefficient (Wildman–Crippen LogP) is 2.28. The Kier molecular flexibility index (Phi) is 4.27. The molecule has 2 aromatic rings. The largest absolute Gasteiger partial charge is 0.309 e. The maximum atomic E-state index is 4.48. The van der Waals surface area contributed by atoms with Crippen LogP contribution in [0.15, 0.2) is 24.4 Å². The molecule has 1 N–H and O–H groups in total. The summed E-state index contributed by atoms with van der Waals surface area (Å²) >= 11 is 0. The highest BCUT2D eigenvalue weighted by Gasteiger charge is 2.06. The van der Waals surface area contributed by atoms with E-state index in [-0.39, 0.29) is 0 Å². The van der Waals surface area contributed by atoms with E-state index in [0.717, 1.165) is 23.8 Å². The number of nitrogens with one attached hydrogen (secondary N) is 1. The van der Waals surface area contributed by atoms with Crippen molar-refractivity contribution >= 4 is 0 Å². The Balaban J connectivity index is 2.08. The van der Waals surface area contributed by atoms with Crippen LogP contribution in [0.25, 0.3) is 5.82 Å². The van der Waals surface area contributed by atoms with Crippen LogP contribution in [-0.2, 0) is 6.54 Å². The van der Waals surface area contributed by atoms with Crippen molar-refractivity contribution < 1.29 is 0 Å². The lowest BCUT2D eigenvalue weighted by molar-refractivity contribution is 0.576. The van der Waals surface area contributed by atoms with Gasteiger partial charge in [-0.3, -0.25) is 0 Å². The van der Waals surface area contributed by atoms with Crippen LogP contribution in [0.4, 0.5) is 0 Å². The van der Waals surface area contributed by atoms with Gasteiger partial charge in [-0.2, -0.15) is 10.2 Å². The monoisotopic (exact) mass is 259 g/mol. The molecule has 0 amide bonds. The van der Waals surface area contributed by atoms with Gasteiger partial charge in [0.1, 0.15) is 0 Å². The van der Waals surface area contributed by atoms with Crippen molar-refractivity contribution in [3.8, 4) is 5.82 Å². The van der Waals surface area contributed by atoms with Gasteiger partial charge in [0.25, 0.3) is 0 Å². The second-order valence-electron chi connectivity index (χ2n) is 5.26. The van der Waals surface area contributed by atoms with Gasteiger partial charge in [0.05, 0.1) is 11.4 Å². The highest BCUT2D eigenvalue weighted by molar-refractivity contribution is 5.22. The first-order chi connectivity index (χ1) is 9.06. The number of rotatable bonds is 5. The second kappa shape index (κ2) is 5.93. The van der Waals surface area contributed by atoms with Crippen molar-refractivity contribution in [2.24, 2.45) is 0 Å². The second-order valence-corrected chi connectivity index (χ2v) is 5.26. The summed E-state index contributed by atoms with van der Waals surface area (Å²) in [6.07, 6.45) is 1.92. The van der Waals surface area contributed by atoms with E-state index in [2.05, 4.69) is 48.3 Å². The van der Waals surface area contributed by atoms with Gasteiger partial charge in [-0.05, 0) is 24.1 Å². The van der Waals surface area contributed by atoms with Crippen molar-refractivity contribution in [1.29, 1.82) is 0 Å². The topological polar surface area (TPSA) is 55.6 Å². The Bertz CT molecular complexity index is 513. The van der Waals surface area contributed by atoms with Crippen LogP contribution >= 0.6 is 0 Å². The molecule has 19 heavy (non-hydrogen) atoms. The summed E-state index contributed by atoms with van der Waals surface area (Å²) in [5, 5.41) is 16.2. The van der Waals surface area contributed by atoms with Gasteiger partial charge >= 0.3 is 0 Å². The standard InChI is InChI=1S/C14H21N5/c1-10(2)13-7-8-19(18-13)14-6-5-12(16-17-14)9-15-11(3)4/h5-8,10-11,15H,9H2,1-4H3. The highest BCUT2D eigenvalue weighted by Crippen LogP contribution is 2.12. The van der Waals surface area contributed by atoms with Crippen LogP contribution in [0.2, 0.25) is 0 Å². The molecule has 2 heterocycles. The molecule has 0 atom stereocenters. The normalized spacial score (nSPS) is 11.5. The van der Waals surface area contributed by atoms with E-state index in [1.807, 2.05) is 24.4 Å². The molecule has 102 valence electrons. The molecule has 2 rings (SSSR count). The van der Waals surface area contributed by atoms with Crippen molar-refractivity contribution in [3.05, 3.63) is 35.8 Å². The van der Waals surface area contributed by atoms with Gasteiger partial charge < -0.3 is 5.32 Å². The van der Waals surface area contributed by atoms with Crippen LogP contribution in [0.3, 0.4) is 0 Å². The molecule has 0 bridgehead atoms. The lowest BCUT2D eigenvalue weighted by atomic mass is 10.1. The molecule has 2 aromatic heterocycles. The van der Waals surface area contributed by atoms with Crippen molar-refractivity contribution in [2.75, 3.05) is 0 Å². The number of nitrogens with zero attached hydrogens (tertiary/aromatic N) is 4. The average Bonchev–Trinajstić information content (AvgIpc) is 2.86. The molecule has 0 spiro atoms. The smallest absolute Gasteiger partial charge is 0.175 e. The minimum atomic E-state index is 0.420. The molecule has 5 heteroatoms. The number of hydrogen-bond donors (Lipinski definition) is 1. The third kappa shape index (κ3) is 3.61. The van der Waals surface area contributed by atoms with E-state index in [1.165, 1.54) is 0 Å². The van der Waals surface area contributed by atoms with Crippen LogP contribution < -0.4 is 5.32 Å². The molecular formula is C14H21N5. The van der Waals surface area contributed by atoms with E-state index < -0.39 is 0 Å². The van der Waals surface area contributed by atoms with E-state index >= 15 is 0 Å². The molecule has 0 aliphatic heterocycles. The fraction of sp³-hybridized carbons (Fsp3) is 0.500. The van der Waals surface area contributed by atoms with Gasteiger partial charge in [0, 0.05) is 18.8 Å². The van der Waals surface area contributed by atoms with E-state index in [9.17, 15) is 0 Å². The minimum absolute atomic E-state index is 0.420. The number of hydrogen-bond acceptors (Lipinski definition) is 4. The fourth-order valence-corrected chi connectivity index (χ4v) is 1.65. The van der Waals surface area contributed by atoms with Gasteiger partial charge in [-0.1, -0.05) is 27.7 Å². The third-order valence-corrected chi connectivity index (χ3v) is 2.83. The zero-order valence-corrected chi connectivity index (χ0v) is 12.0. The van der Waals surface area contributed by atoms with Gasteiger partial charge in [0.15, 0.2) is 5.82 Å². The van der Waals surface area contributed by atoms with Gasteiger partial charge in [-0.15, -0.1) is 5.10 Å². The van der Waals surface area contributed by atoms with Crippen LogP contribution in [0.1, 0.15) is 45.0 Å². The first-order valence-electron chi connectivity index (χ1n) is 6.68. The van der Waals surface area contributed by atoms with E-state index in [4.69, 9.17) is 0 Å². The van der Waals surface area contributed by atoms with Crippen molar-refractivity contribution in [1.82, 2.24) is 25.3 Å². The molecule has 0 saturated heterocycles. The minimum Gasteiger partial charge on any atom is -0.309 e. The average molecular weight is 259 g/mol. The predicted molar refractivity (Wildman–Crippen MR) is 75.2 cm³/mol. The Morgan fingerprint density at radius 1 is 1.11 bits per heavy atom. The molecule has 0 fully saturated rings. The molecule has 0 aliphatic carbocycles. The maximum Gasteiger partial charge on any atom is 0.175 e. The molecular weight excluding hydrogens is 238 g/mol. The maximum absolute atomic E-state index is 4.48. The van der Waals surface area contributed by atoms with E-state index in [0.29, 0.717) is 12.0 Å². The Labute approximate surface area is 114 Å². The molecule has 0 aromatic carbocycles. The Morgan fingerprint density at radius 2 is 1.89 bits per heavy atom. The molecule has 0 aliphatic rings. The van der Waals surface area contributed by atoms with Gasteiger partial charge in [-0.25, -0.2) is 4.68 Å². The summed E-state index contributed by atoms with van der Waals surface area (Å²) in [4.78, 5) is 0. The summed E-state index contributed by atoms with van der Waals surface area (Å²) in [6, 6.07) is 6.39.